The van der Waals surface area contributed by atoms with E-state index in [9.17, 15) is 4.79 Å². The fourth-order valence-electron chi connectivity index (χ4n) is 0.814. The van der Waals surface area contributed by atoms with E-state index < -0.39 is 0 Å². The maximum absolute atomic E-state index is 9.99. The molecule has 0 spiro atoms. The van der Waals surface area contributed by atoms with Crippen LogP contribution in [0.3, 0.4) is 0 Å². The van der Waals surface area contributed by atoms with Gasteiger partial charge in [-0.1, -0.05) is 17.7 Å². The SMILES string of the molecule is COc1cccc(Cl)c1N=C=O. The maximum atomic E-state index is 9.99. The number of benzene rings is 1. The van der Waals surface area contributed by atoms with E-state index in [2.05, 4.69) is 4.99 Å². The van der Waals surface area contributed by atoms with Gasteiger partial charge in [-0.25, -0.2) is 4.79 Å². The van der Waals surface area contributed by atoms with Crippen LogP contribution in [0, 0.1) is 0 Å². The highest BCUT2D eigenvalue weighted by Gasteiger charge is 2.04. The molecule has 1 rings (SSSR count). The van der Waals surface area contributed by atoms with Crippen molar-refractivity contribution in [3.63, 3.8) is 0 Å². The molecule has 12 heavy (non-hydrogen) atoms. The zero-order valence-corrected chi connectivity index (χ0v) is 7.13. The Balaban J connectivity index is 3.28. The number of nitrogens with zero attached hydrogens (tertiary/aromatic N) is 1. The Morgan fingerprint density at radius 2 is 2.33 bits per heavy atom. The summed E-state index contributed by atoms with van der Waals surface area (Å²) in [6.45, 7) is 0. The van der Waals surface area contributed by atoms with Gasteiger partial charge in [-0.3, -0.25) is 0 Å². The molecular weight excluding hydrogens is 178 g/mol. The number of methoxy groups -OCH3 is 1. The second kappa shape index (κ2) is 3.90. The summed E-state index contributed by atoms with van der Waals surface area (Å²) >= 11 is 5.73. The van der Waals surface area contributed by atoms with Crippen LogP contribution in [-0.2, 0) is 4.79 Å². The largest absolute Gasteiger partial charge is 0.494 e. The van der Waals surface area contributed by atoms with Crippen molar-refractivity contribution >= 4 is 23.4 Å². The van der Waals surface area contributed by atoms with Gasteiger partial charge in [0.05, 0.1) is 12.1 Å². The fraction of sp³-hybridized carbons (Fsp3) is 0.125. The molecule has 1 aromatic carbocycles. The molecule has 0 heterocycles. The van der Waals surface area contributed by atoms with Crippen LogP contribution in [-0.4, -0.2) is 13.2 Å². The molecule has 0 saturated carbocycles. The van der Waals surface area contributed by atoms with Crippen molar-refractivity contribution in [1.82, 2.24) is 0 Å². The molecule has 0 bridgehead atoms. The van der Waals surface area contributed by atoms with Crippen LogP contribution in [0.1, 0.15) is 0 Å². The van der Waals surface area contributed by atoms with Crippen molar-refractivity contribution in [3.8, 4) is 5.75 Å². The quantitative estimate of drug-likeness (QED) is 0.521. The molecule has 0 atom stereocenters. The molecule has 0 aliphatic heterocycles. The first-order chi connectivity index (χ1) is 5.79. The molecule has 0 radical (unpaired) electrons. The Hall–Kier alpha value is -1.31. The molecule has 0 N–H and O–H groups in total. The zero-order valence-electron chi connectivity index (χ0n) is 6.37. The molecule has 0 aliphatic rings. The Kier molecular flexibility index (Phi) is 2.86. The molecule has 0 amide bonds. The number of aliphatic imine (C=N–C) groups is 1. The fourth-order valence-corrected chi connectivity index (χ4v) is 1.02. The number of hydrogen-bond acceptors (Lipinski definition) is 3. The molecule has 0 aromatic heterocycles. The average molecular weight is 184 g/mol. The van der Waals surface area contributed by atoms with Crippen LogP contribution in [0.2, 0.25) is 5.02 Å². The summed E-state index contributed by atoms with van der Waals surface area (Å²) in [7, 11) is 1.48. The van der Waals surface area contributed by atoms with Gasteiger partial charge < -0.3 is 4.74 Å². The molecule has 0 fully saturated rings. The van der Waals surface area contributed by atoms with Crippen molar-refractivity contribution in [2.45, 2.75) is 0 Å². The van der Waals surface area contributed by atoms with E-state index >= 15 is 0 Å². The third-order valence-corrected chi connectivity index (χ3v) is 1.63. The van der Waals surface area contributed by atoms with Crippen molar-refractivity contribution in [2.75, 3.05) is 7.11 Å². The first kappa shape index (κ1) is 8.78. The third kappa shape index (κ3) is 1.64. The number of para-hydroxylation sites is 1. The second-order valence-corrected chi connectivity index (χ2v) is 2.40. The number of carbonyl (C=O) groups excluding carboxylic acids is 1. The lowest BCUT2D eigenvalue weighted by atomic mass is 10.3. The van der Waals surface area contributed by atoms with Crippen LogP contribution in [0.4, 0.5) is 5.69 Å². The molecular formula is C8H6ClNO2. The molecule has 62 valence electrons. The normalized spacial score (nSPS) is 8.83. The second-order valence-electron chi connectivity index (χ2n) is 1.99. The predicted octanol–water partition coefficient (Wildman–Crippen LogP) is 2.32. The standard InChI is InChI=1S/C8H6ClNO2/c1-12-7-4-2-3-6(9)8(7)10-5-11/h2-4H,1H3. The third-order valence-electron chi connectivity index (χ3n) is 1.33. The highest BCUT2D eigenvalue weighted by atomic mass is 35.5. The molecule has 0 saturated heterocycles. The van der Waals surface area contributed by atoms with Gasteiger partial charge in [0.1, 0.15) is 11.4 Å². The van der Waals surface area contributed by atoms with E-state index in [-0.39, 0.29) is 0 Å². The Labute approximate surface area is 74.6 Å². The molecule has 0 aliphatic carbocycles. The smallest absolute Gasteiger partial charge is 0.240 e. The highest BCUT2D eigenvalue weighted by molar-refractivity contribution is 6.33. The van der Waals surface area contributed by atoms with Gasteiger partial charge in [0.15, 0.2) is 0 Å². The number of halogens is 1. The van der Waals surface area contributed by atoms with Crippen LogP contribution in [0.15, 0.2) is 23.2 Å². The van der Waals surface area contributed by atoms with Gasteiger partial charge in [0.25, 0.3) is 0 Å². The predicted molar refractivity (Wildman–Crippen MR) is 45.8 cm³/mol. The lowest BCUT2D eigenvalue weighted by molar-refractivity contribution is 0.416. The Morgan fingerprint density at radius 1 is 1.58 bits per heavy atom. The van der Waals surface area contributed by atoms with Crippen molar-refractivity contribution < 1.29 is 9.53 Å². The van der Waals surface area contributed by atoms with Crippen LogP contribution in [0.25, 0.3) is 0 Å². The number of hydrogen-bond donors (Lipinski definition) is 0. The lowest BCUT2D eigenvalue weighted by Crippen LogP contribution is -1.82. The molecule has 0 unspecified atom stereocenters. The van der Waals surface area contributed by atoms with E-state index in [1.54, 1.807) is 18.2 Å². The minimum Gasteiger partial charge on any atom is -0.494 e. The summed E-state index contributed by atoms with van der Waals surface area (Å²) in [5.74, 6) is 0.464. The van der Waals surface area contributed by atoms with Gasteiger partial charge in [0.2, 0.25) is 6.08 Å². The Bertz CT molecular complexity index is 332. The summed E-state index contributed by atoms with van der Waals surface area (Å²) in [4.78, 5) is 13.4. The first-order valence-corrected chi connectivity index (χ1v) is 3.57. The van der Waals surface area contributed by atoms with E-state index in [1.807, 2.05) is 0 Å². The van der Waals surface area contributed by atoms with Crippen LogP contribution >= 0.6 is 11.6 Å². The van der Waals surface area contributed by atoms with Gasteiger partial charge in [-0.15, -0.1) is 0 Å². The van der Waals surface area contributed by atoms with Gasteiger partial charge in [-0.05, 0) is 12.1 Å². The number of isocyanates is 1. The van der Waals surface area contributed by atoms with Gasteiger partial charge >= 0.3 is 0 Å². The monoisotopic (exact) mass is 183 g/mol. The van der Waals surface area contributed by atoms with E-state index in [0.29, 0.717) is 16.5 Å². The average Bonchev–Trinajstić information content (AvgIpc) is 2.09. The molecule has 4 heteroatoms. The highest BCUT2D eigenvalue weighted by Crippen LogP contribution is 2.33. The minimum atomic E-state index is 0.316. The van der Waals surface area contributed by atoms with Crippen molar-refractivity contribution in [3.05, 3.63) is 23.2 Å². The lowest BCUT2D eigenvalue weighted by Gasteiger charge is -2.02. The van der Waals surface area contributed by atoms with Crippen molar-refractivity contribution in [1.29, 1.82) is 0 Å². The van der Waals surface area contributed by atoms with Crippen molar-refractivity contribution in [2.24, 2.45) is 4.99 Å². The summed E-state index contributed by atoms with van der Waals surface area (Å²) in [6.07, 6.45) is 1.41. The van der Waals surface area contributed by atoms with E-state index in [4.69, 9.17) is 16.3 Å². The number of ether oxygens (including phenoxy) is 1. The summed E-state index contributed by atoms with van der Waals surface area (Å²) in [5.41, 5.74) is 0.316. The first-order valence-electron chi connectivity index (χ1n) is 3.20. The summed E-state index contributed by atoms with van der Waals surface area (Å²) in [5, 5.41) is 0.373. The van der Waals surface area contributed by atoms with E-state index in [1.165, 1.54) is 13.2 Å². The summed E-state index contributed by atoms with van der Waals surface area (Å²) in [6, 6.07) is 5.01. The Morgan fingerprint density at radius 3 is 2.92 bits per heavy atom. The summed E-state index contributed by atoms with van der Waals surface area (Å²) < 4.78 is 4.92. The van der Waals surface area contributed by atoms with E-state index in [0.717, 1.165) is 0 Å². The van der Waals surface area contributed by atoms with Gasteiger partial charge in [0, 0.05) is 0 Å². The number of rotatable bonds is 2. The molecule has 1 aromatic rings. The maximum Gasteiger partial charge on any atom is 0.240 e. The van der Waals surface area contributed by atoms with Crippen LogP contribution < -0.4 is 4.74 Å². The zero-order chi connectivity index (χ0) is 8.97. The van der Waals surface area contributed by atoms with Gasteiger partial charge in [-0.2, -0.15) is 4.99 Å². The topological polar surface area (TPSA) is 38.7 Å². The van der Waals surface area contributed by atoms with Crippen LogP contribution in [0.5, 0.6) is 5.75 Å². The minimum absolute atomic E-state index is 0.316. The molecule has 3 nitrogen and oxygen atoms in total.